The van der Waals surface area contributed by atoms with Crippen LogP contribution < -0.4 is 0 Å². The first-order valence-electron chi connectivity index (χ1n) is 22.9. The van der Waals surface area contributed by atoms with Crippen molar-refractivity contribution in [3.05, 3.63) is 0 Å². The van der Waals surface area contributed by atoms with Gasteiger partial charge in [-0.3, -0.25) is 4.79 Å². The van der Waals surface area contributed by atoms with Gasteiger partial charge in [-0.25, -0.2) is 0 Å². The Balaban J connectivity index is 1.08. The molecule has 0 bridgehead atoms. The van der Waals surface area contributed by atoms with Gasteiger partial charge >= 0.3 is 5.97 Å². The van der Waals surface area contributed by atoms with E-state index in [1.807, 2.05) is 6.92 Å². The van der Waals surface area contributed by atoms with E-state index in [0.717, 1.165) is 107 Å². The van der Waals surface area contributed by atoms with E-state index in [2.05, 4.69) is 45.1 Å². The summed E-state index contributed by atoms with van der Waals surface area (Å²) in [4.78, 5) is 15.4. The molecule has 4 aliphatic rings. The van der Waals surface area contributed by atoms with Crippen molar-refractivity contribution in [2.24, 2.45) is 46.3 Å². The highest BCUT2D eigenvalue weighted by atomic mass is 32.3. The molecule has 8 unspecified atom stereocenters. The third kappa shape index (κ3) is 13.4. The second-order valence-electron chi connectivity index (χ2n) is 19.3. The van der Waals surface area contributed by atoms with Crippen molar-refractivity contribution < 1.29 is 23.6 Å². The molecule has 312 valence electrons. The van der Waals surface area contributed by atoms with E-state index in [0.29, 0.717) is 29.8 Å². The Hall–Kier alpha value is -0.340. The lowest BCUT2D eigenvalue weighted by atomic mass is 9.44. The number of esters is 1. The molecule has 4 saturated carbocycles. The van der Waals surface area contributed by atoms with Crippen molar-refractivity contribution >= 4 is 16.3 Å². The molecule has 0 aliphatic heterocycles. The summed E-state index contributed by atoms with van der Waals surface area (Å²) in [6, 6.07) is 0. The Bertz CT molecular complexity index is 1040. The first-order valence-corrected chi connectivity index (χ1v) is 25.5. The first-order chi connectivity index (χ1) is 25.4. The van der Waals surface area contributed by atoms with E-state index in [1.54, 1.807) is 0 Å². The van der Waals surface area contributed by atoms with Crippen LogP contribution in [0, 0.1) is 46.3 Å². The highest BCUT2D eigenvalue weighted by Crippen LogP contribution is 2.68. The second-order valence-corrected chi connectivity index (χ2v) is 22.8. The fraction of sp³-hybridized carbons (Fsp3) is 0.978. The van der Waals surface area contributed by atoms with Crippen LogP contribution in [0.4, 0.5) is 0 Å². The molecule has 0 aromatic heterocycles. The number of aliphatic hydroxyl groups is 1. The number of nitrogens with zero attached hydrogens (tertiary/aromatic N) is 1. The Morgan fingerprint density at radius 3 is 2.26 bits per heavy atom. The van der Waals surface area contributed by atoms with Crippen LogP contribution in [0.5, 0.6) is 0 Å². The summed E-state index contributed by atoms with van der Waals surface area (Å²) in [7, 11) is -1.08. The van der Waals surface area contributed by atoms with Crippen LogP contribution in [0.1, 0.15) is 176 Å². The zero-order valence-corrected chi connectivity index (χ0v) is 36.8. The third-order valence-corrected chi connectivity index (χ3v) is 17.3. The highest BCUT2D eigenvalue weighted by Gasteiger charge is 2.60. The molecule has 9 atom stereocenters. The van der Waals surface area contributed by atoms with Crippen molar-refractivity contribution in [2.75, 3.05) is 57.7 Å². The minimum atomic E-state index is -1.08. The van der Waals surface area contributed by atoms with Gasteiger partial charge in [0.1, 0.15) is 0 Å². The molecule has 0 aromatic rings. The van der Waals surface area contributed by atoms with E-state index in [9.17, 15) is 9.90 Å². The van der Waals surface area contributed by atoms with Gasteiger partial charge in [-0.1, -0.05) is 59.8 Å². The van der Waals surface area contributed by atoms with Crippen LogP contribution in [-0.2, 0) is 18.5 Å². The number of carbonyl (C=O) groups excluding carboxylic acids is 1. The van der Waals surface area contributed by atoms with E-state index >= 15 is 0 Å². The highest BCUT2D eigenvalue weighted by molar-refractivity contribution is 8.28. The minimum absolute atomic E-state index is 0.0116. The fourth-order valence-electron chi connectivity index (χ4n) is 12.3. The molecular weight excluding hydrogens is 679 g/mol. The molecule has 0 heterocycles. The van der Waals surface area contributed by atoms with Crippen molar-refractivity contribution in [3.8, 4) is 0 Å². The smallest absolute Gasteiger partial charge is 0.305 e. The summed E-state index contributed by atoms with van der Waals surface area (Å²) in [6.07, 6.45) is 31.6. The van der Waals surface area contributed by atoms with Crippen molar-refractivity contribution in [1.82, 2.24) is 4.90 Å². The van der Waals surface area contributed by atoms with Gasteiger partial charge in [0.05, 0.1) is 6.61 Å². The number of ether oxygens (including phenoxy) is 2. The minimum Gasteiger partial charge on any atom is -0.466 e. The molecule has 7 heteroatoms. The summed E-state index contributed by atoms with van der Waals surface area (Å²) >= 11 is 0. The monoisotopic (exact) mass is 766 g/mol. The van der Waals surface area contributed by atoms with Gasteiger partial charge in [-0.2, -0.15) is 0 Å². The van der Waals surface area contributed by atoms with Gasteiger partial charge in [-0.15, -0.1) is 10.3 Å². The van der Waals surface area contributed by atoms with Gasteiger partial charge in [0.2, 0.25) is 0 Å². The maximum Gasteiger partial charge on any atom is 0.305 e. The summed E-state index contributed by atoms with van der Waals surface area (Å²) in [6.45, 7) is 16.8. The lowest BCUT2D eigenvalue weighted by Crippen LogP contribution is -2.53. The molecule has 0 amide bonds. The second kappa shape index (κ2) is 22.6. The predicted octanol–water partition coefficient (Wildman–Crippen LogP) is 11.6. The molecule has 0 radical (unpaired) electrons. The molecule has 53 heavy (non-hydrogen) atoms. The summed E-state index contributed by atoms with van der Waals surface area (Å²) in [5.41, 5.74) is 1.09. The Kier molecular flexibility index (Phi) is 19.3. The lowest BCUT2D eigenvalue weighted by Gasteiger charge is -2.61. The average Bonchev–Trinajstić information content (AvgIpc) is 3.48. The molecule has 0 spiro atoms. The predicted molar refractivity (Wildman–Crippen MR) is 225 cm³/mol. The number of rotatable bonds is 26. The lowest BCUT2D eigenvalue weighted by molar-refractivity contribution is -0.144. The zero-order chi connectivity index (χ0) is 38.3. The number of unbranched alkanes of at least 4 members (excludes halogenated alkanes) is 6. The number of aliphatic hydroxyl groups excluding tert-OH is 1. The van der Waals surface area contributed by atoms with Crippen LogP contribution >= 0.6 is 10.3 Å². The van der Waals surface area contributed by atoms with Crippen molar-refractivity contribution in [3.63, 3.8) is 0 Å². The van der Waals surface area contributed by atoms with Crippen LogP contribution in [0.25, 0.3) is 0 Å². The maximum atomic E-state index is 12.9. The molecule has 0 saturated heterocycles. The molecule has 4 aliphatic carbocycles. The molecule has 4 rings (SSSR count). The quantitative estimate of drug-likeness (QED) is 0.0537. The van der Waals surface area contributed by atoms with E-state index in [1.165, 1.54) is 89.9 Å². The van der Waals surface area contributed by atoms with Gasteiger partial charge in [0.25, 0.3) is 0 Å². The summed E-state index contributed by atoms with van der Waals surface area (Å²) < 4.78 is 17.9. The molecule has 1 N–H and O–H groups in total. The Labute approximate surface area is 329 Å². The number of carbonyl (C=O) groups is 1. The van der Waals surface area contributed by atoms with Crippen LogP contribution in [0.3, 0.4) is 0 Å². The SMILES string of the molecule is CCCCOC(C)OS(C)(C)CCCCCCN(CCCCO)CCCCOC(=O)CC[C@@H](C)C1CCC2C3CCC4CCCCC4(C)C3CCC21C. The van der Waals surface area contributed by atoms with E-state index in [-0.39, 0.29) is 18.9 Å². The number of hydrogen-bond acceptors (Lipinski definition) is 6. The Morgan fingerprint density at radius 2 is 1.51 bits per heavy atom. The van der Waals surface area contributed by atoms with Gasteiger partial charge in [0, 0.05) is 19.6 Å². The van der Waals surface area contributed by atoms with E-state index < -0.39 is 10.3 Å². The fourth-order valence-corrected chi connectivity index (χ4v) is 14.1. The van der Waals surface area contributed by atoms with Crippen LogP contribution in [0.2, 0.25) is 0 Å². The third-order valence-electron chi connectivity index (χ3n) is 15.3. The van der Waals surface area contributed by atoms with Crippen LogP contribution in [-0.4, -0.2) is 80.0 Å². The molecule has 4 fully saturated rings. The maximum absolute atomic E-state index is 12.9. The largest absolute Gasteiger partial charge is 0.466 e. The van der Waals surface area contributed by atoms with Gasteiger partial charge in [0.15, 0.2) is 6.29 Å². The Morgan fingerprint density at radius 1 is 0.792 bits per heavy atom. The normalized spacial score (nSPS) is 31.5. The average molecular weight is 766 g/mol. The van der Waals surface area contributed by atoms with Crippen molar-refractivity contribution in [2.45, 2.75) is 182 Å². The molecule has 0 aromatic carbocycles. The first kappa shape index (κ1) is 45.4. The van der Waals surface area contributed by atoms with Crippen molar-refractivity contribution in [1.29, 1.82) is 0 Å². The summed E-state index contributed by atoms with van der Waals surface area (Å²) in [5, 5.41) is 9.33. The van der Waals surface area contributed by atoms with Crippen LogP contribution in [0.15, 0.2) is 0 Å². The van der Waals surface area contributed by atoms with Gasteiger partial charge < -0.3 is 23.7 Å². The standard InChI is InChI=1S/C46H87NO5S/c1-8-9-34-50-38(3)52-53(6,7)36-19-11-10-14-30-47(31-15-17-33-48)32-16-18-35-51-44(49)26-21-37(2)41-24-25-42-40-23-22-39-20-12-13-28-45(39,4)43(40)27-29-46(41,42)5/h37-43,48H,8-36H2,1-7H3/t37-,38?,39?,40?,41?,42?,43?,45?,46?/m1/s1. The zero-order valence-electron chi connectivity index (χ0n) is 36.0. The van der Waals surface area contributed by atoms with E-state index in [4.69, 9.17) is 13.7 Å². The molecular formula is C46H87NO5S. The van der Waals surface area contributed by atoms with Gasteiger partial charge in [-0.05, 0) is 194 Å². The molecule has 6 nitrogen and oxygen atoms in total. The number of hydrogen-bond donors (Lipinski definition) is 1. The number of fused-ring (bicyclic) bond motifs is 5. The summed E-state index contributed by atoms with van der Waals surface area (Å²) in [5.74, 6) is 6.34. The topological polar surface area (TPSA) is 68.2 Å².